The average molecular weight is 366 g/mol. The second kappa shape index (κ2) is 6.64. The number of nitrogens with zero attached hydrogens (tertiary/aromatic N) is 4. The van der Waals surface area contributed by atoms with Crippen LogP contribution in [0.25, 0.3) is 22.4 Å². The van der Waals surface area contributed by atoms with Crippen LogP contribution in [-0.2, 0) is 11.3 Å². The Bertz CT molecular complexity index is 1000. The average Bonchev–Trinajstić information content (AvgIpc) is 3.07. The molecule has 0 spiro atoms. The lowest BCUT2D eigenvalue weighted by atomic mass is 9.98. The van der Waals surface area contributed by atoms with Crippen LogP contribution in [0.2, 0.25) is 0 Å². The Hall–Kier alpha value is -3.55. The first-order valence-electron chi connectivity index (χ1n) is 8.29. The van der Waals surface area contributed by atoms with Crippen molar-refractivity contribution in [3.63, 3.8) is 0 Å². The Morgan fingerprint density at radius 2 is 1.85 bits per heavy atom. The van der Waals surface area contributed by atoms with E-state index in [9.17, 15) is 19.1 Å². The van der Waals surface area contributed by atoms with Crippen LogP contribution in [0, 0.1) is 5.82 Å². The molecule has 1 aliphatic rings. The lowest BCUT2D eigenvalue weighted by molar-refractivity contribution is -0.111. The summed E-state index contributed by atoms with van der Waals surface area (Å²) in [4.78, 5) is 28.3. The number of aromatic nitrogens is 3. The van der Waals surface area contributed by atoms with E-state index in [1.807, 2.05) is 0 Å². The molecule has 3 heterocycles. The molecular weight excluding hydrogens is 351 g/mol. The molecule has 136 valence electrons. The maximum atomic E-state index is 13.4. The summed E-state index contributed by atoms with van der Waals surface area (Å²) in [5.41, 5.74) is 3.36. The van der Waals surface area contributed by atoms with Crippen molar-refractivity contribution in [2.24, 2.45) is 0 Å². The zero-order valence-corrected chi connectivity index (χ0v) is 14.1. The second-order valence-electron chi connectivity index (χ2n) is 6.22. The van der Waals surface area contributed by atoms with Crippen LogP contribution in [-0.4, -0.2) is 43.7 Å². The quantitative estimate of drug-likeness (QED) is 0.720. The fourth-order valence-electron chi connectivity index (χ4n) is 3.32. The highest BCUT2D eigenvalue weighted by Gasteiger charge is 2.33. The Labute approximate surface area is 153 Å². The second-order valence-corrected chi connectivity index (χ2v) is 6.22. The maximum absolute atomic E-state index is 13.4. The molecule has 1 amide bonds. The van der Waals surface area contributed by atoms with Gasteiger partial charge in [0.05, 0.1) is 18.8 Å². The fourth-order valence-corrected chi connectivity index (χ4v) is 3.32. The molecule has 7 nitrogen and oxygen atoms in total. The van der Waals surface area contributed by atoms with Crippen molar-refractivity contribution in [3.8, 4) is 22.4 Å². The highest BCUT2D eigenvalue weighted by molar-refractivity contribution is 5.83. The summed E-state index contributed by atoms with van der Waals surface area (Å²) >= 11 is 0. The monoisotopic (exact) mass is 366 g/mol. The van der Waals surface area contributed by atoms with Crippen LogP contribution >= 0.6 is 0 Å². The summed E-state index contributed by atoms with van der Waals surface area (Å²) in [6.45, 7) is 0.137. The standard InChI is InChI=1S/C19H15FN4O3/c20-14-3-1-13(2-4-14)18-17(12-5-7-21-8-6-12)16-10-23(19(26)27)9-15(11-25)24(16)22-18/h1-8,11,15H,9-10H2,(H,26,27). The molecule has 3 aromatic rings. The van der Waals surface area contributed by atoms with Gasteiger partial charge in [-0.25, -0.2) is 9.18 Å². The van der Waals surface area contributed by atoms with Gasteiger partial charge in [0, 0.05) is 23.5 Å². The van der Waals surface area contributed by atoms with E-state index < -0.39 is 12.1 Å². The maximum Gasteiger partial charge on any atom is 0.407 e. The third-order valence-electron chi connectivity index (χ3n) is 4.59. The number of rotatable bonds is 3. The number of carbonyl (C=O) groups excluding carboxylic acids is 1. The van der Waals surface area contributed by atoms with Crippen LogP contribution in [0.15, 0.2) is 48.8 Å². The molecule has 1 aliphatic heterocycles. The fraction of sp³-hybridized carbons (Fsp3) is 0.158. The Kier molecular flexibility index (Phi) is 4.15. The molecule has 1 unspecified atom stereocenters. The van der Waals surface area contributed by atoms with Crippen molar-refractivity contribution in [2.75, 3.05) is 6.54 Å². The van der Waals surface area contributed by atoms with Crippen molar-refractivity contribution in [1.82, 2.24) is 19.7 Å². The van der Waals surface area contributed by atoms with Crippen LogP contribution in [0.4, 0.5) is 9.18 Å². The topological polar surface area (TPSA) is 88.3 Å². The van der Waals surface area contributed by atoms with Crippen molar-refractivity contribution in [3.05, 3.63) is 60.3 Å². The number of hydrogen-bond acceptors (Lipinski definition) is 4. The number of benzene rings is 1. The van der Waals surface area contributed by atoms with Crippen molar-refractivity contribution in [2.45, 2.75) is 12.6 Å². The van der Waals surface area contributed by atoms with Gasteiger partial charge < -0.3 is 9.90 Å². The Morgan fingerprint density at radius 1 is 1.15 bits per heavy atom. The first kappa shape index (κ1) is 16.9. The minimum atomic E-state index is -1.10. The molecule has 2 aromatic heterocycles. The number of hydrogen-bond donors (Lipinski definition) is 1. The van der Waals surface area contributed by atoms with Crippen LogP contribution < -0.4 is 0 Å². The minimum absolute atomic E-state index is 0.0339. The smallest absolute Gasteiger partial charge is 0.407 e. The van der Waals surface area contributed by atoms with Crippen LogP contribution in [0.5, 0.6) is 0 Å². The van der Waals surface area contributed by atoms with E-state index in [1.54, 1.807) is 41.3 Å². The van der Waals surface area contributed by atoms with E-state index in [-0.39, 0.29) is 18.9 Å². The van der Waals surface area contributed by atoms with E-state index in [0.717, 1.165) is 5.56 Å². The number of amides is 1. The van der Waals surface area contributed by atoms with Gasteiger partial charge in [0.25, 0.3) is 0 Å². The molecule has 0 aliphatic carbocycles. The Balaban J connectivity index is 1.96. The SMILES string of the molecule is O=CC1CN(C(=O)O)Cc2c(-c3ccncc3)c(-c3ccc(F)cc3)nn21. The van der Waals surface area contributed by atoms with Gasteiger partial charge in [0.1, 0.15) is 23.8 Å². The zero-order chi connectivity index (χ0) is 19.0. The molecule has 8 heteroatoms. The van der Waals surface area contributed by atoms with Gasteiger partial charge in [-0.1, -0.05) is 0 Å². The summed E-state index contributed by atoms with van der Waals surface area (Å²) in [7, 11) is 0. The third kappa shape index (κ3) is 2.95. The lowest BCUT2D eigenvalue weighted by Gasteiger charge is -2.29. The third-order valence-corrected chi connectivity index (χ3v) is 4.59. The molecule has 4 rings (SSSR count). The predicted octanol–water partition coefficient (Wildman–Crippen LogP) is 2.98. The highest BCUT2D eigenvalue weighted by Crippen LogP contribution is 2.38. The molecule has 0 fully saturated rings. The van der Waals surface area contributed by atoms with E-state index in [4.69, 9.17) is 0 Å². The van der Waals surface area contributed by atoms with Gasteiger partial charge in [0.15, 0.2) is 0 Å². The van der Waals surface area contributed by atoms with Gasteiger partial charge in [-0.3, -0.25) is 14.6 Å². The number of pyridine rings is 1. The minimum Gasteiger partial charge on any atom is -0.465 e. The molecule has 1 N–H and O–H groups in total. The van der Waals surface area contributed by atoms with Gasteiger partial charge in [-0.2, -0.15) is 5.10 Å². The molecule has 0 saturated heterocycles. The van der Waals surface area contributed by atoms with Crippen molar-refractivity contribution < 1.29 is 19.1 Å². The molecule has 0 radical (unpaired) electrons. The van der Waals surface area contributed by atoms with Crippen LogP contribution in [0.3, 0.4) is 0 Å². The van der Waals surface area contributed by atoms with E-state index in [2.05, 4.69) is 10.1 Å². The summed E-state index contributed by atoms with van der Waals surface area (Å²) in [5.74, 6) is -0.365. The molecule has 0 bridgehead atoms. The molecule has 0 saturated carbocycles. The zero-order valence-electron chi connectivity index (χ0n) is 14.1. The van der Waals surface area contributed by atoms with Crippen molar-refractivity contribution >= 4 is 12.4 Å². The van der Waals surface area contributed by atoms with Gasteiger partial charge >= 0.3 is 6.09 Å². The van der Waals surface area contributed by atoms with Gasteiger partial charge in [-0.05, 0) is 42.0 Å². The summed E-state index contributed by atoms with van der Waals surface area (Å²) < 4.78 is 14.9. The number of fused-ring (bicyclic) bond motifs is 1. The number of halogens is 1. The van der Waals surface area contributed by atoms with Gasteiger partial charge in [-0.15, -0.1) is 0 Å². The first-order chi connectivity index (χ1) is 13.1. The molecule has 1 atom stereocenters. The van der Waals surface area contributed by atoms with E-state index >= 15 is 0 Å². The highest BCUT2D eigenvalue weighted by atomic mass is 19.1. The number of aldehydes is 1. The lowest BCUT2D eigenvalue weighted by Crippen LogP contribution is -2.41. The summed E-state index contributed by atoms with van der Waals surface area (Å²) in [5, 5.41) is 14.0. The predicted molar refractivity (Wildman–Crippen MR) is 94.4 cm³/mol. The van der Waals surface area contributed by atoms with Crippen LogP contribution in [0.1, 0.15) is 11.7 Å². The van der Waals surface area contributed by atoms with Crippen molar-refractivity contribution in [1.29, 1.82) is 0 Å². The summed E-state index contributed by atoms with van der Waals surface area (Å²) in [6.07, 6.45) is 2.85. The summed E-state index contributed by atoms with van der Waals surface area (Å²) in [6, 6.07) is 8.76. The Morgan fingerprint density at radius 3 is 2.48 bits per heavy atom. The molecule has 1 aromatic carbocycles. The molecule has 27 heavy (non-hydrogen) atoms. The van der Waals surface area contributed by atoms with E-state index in [1.165, 1.54) is 17.0 Å². The first-order valence-corrected chi connectivity index (χ1v) is 8.29. The number of carbonyl (C=O) groups is 2. The normalized spacial score (nSPS) is 16.0. The van der Waals surface area contributed by atoms with Gasteiger partial charge in [0.2, 0.25) is 0 Å². The largest absolute Gasteiger partial charge is 0.465 e. The molecular formula is C19H15FN4O3. The number of carboxylic acid groups (broad SMARTS) is 1. The van der Waals surface area contributed by atoms with E-state index in [0.29, 0.717) is 28.8 Å².